The van der Waals surface area contributed by atoms with Crippen LogP contribution in [0, 0.1) is 0 Å². The number of cyclic esters (lactones) is 1. The van der Waals surface area contributed by atoms with Gasteiger partial charge in [-0.05, 0) is 37.2 Å². The van der Waals surface area contributed by atoms with Gasteiger partial charge in [0.25, 0.3) is 0 Å². The fourth-order valence-corrected chi connectivity index (χ4v) is 5.56. The molecule has 0 unspecified atom stereocenters. The van der Waals surface area contributed by atoms with Gasteiger partial charge in [0.15, 0.2) is 0 Å². The molecule has 0 aliphatic carbocycles. The van der Waals surface area contributed by atoms with E-state index in [1.165, 1.54) is 11.8 Å². The molecule has 0 spiro atoms. The molecule has 0 saturated carbocycles. The molecular weight excluding hydrogens is 482 g/mol. The molecule has 186 valence electrons. The molecule has 1 saturated heterocycles. The smallest absolute Gasteiger partial charge is 0.414 e. The molecule has 2 aromatic heterocycles. The van der Waals surface area contributed by atoms with Crippen LogP contribution in [0.25, 0.3) is 11.0 Å². The number of hydrogen-bond acceptors (Lipinski definition) is 9. The summed E-state index contributed by atoms with van der Waals surface area (Å²) in [4.78, 5) is 35.9. The van der Waals surface area contributed by atoms with Crippen molar-refractivity contribution in [2.24, 2.45) is 0 Å². The average Bonchev–Trinajstić information content (AvgIpc) is 3.49. The van der Waals surface area contributed by atoms with Gasteiger partial charge in [-0.25, -0.2) is 9.78 Å². The van der Waals surface area contributed by atoms with E-state index in [9.17, 15) is 9.59 Å². The zero-order chi connectivity index (χ0) is 24.6. The maximum atomic E-state index is 12.5. The minimum absolute atomic E-state index is 0.0351. The molecule has 1 fully saturated rings. The van der Waals surface area contributed by atoms with Gasteiger partial charge in [0.05, 0.1) is 43.4 Å². The Hall–Kier alpha value is -3.57. The van der Waals surface area contributed by atoms with Crippen LogP contribution in [0.1, 0.15) is 17.9 Å². The first kappa shape index (κ1) is 22.9. The Morgan fingerprint density at radius 3 is 3.08 bits per heavy atom. The zero-order valence-electron chi connectivity index (χ0n) is 19.7. The largest absolute Gasteiger partial charge is 0.491 e. The summed E-state index contributed by atoms with van der Waals surface area (Å²) in [7, 11) is 1.60. The van der Waals surface area contributed by atoms with Crippen LogP contribution in [-0.2, 0) is 9.53 Å². The number of thioether (sulfide) groups is 1. The normalized spacial score (nSPS) is 20.5. The number of pyridine rings is 2. The highest BCUT2D eigenvalue weighted by Gasteiger charge is 2.33. The van der Waals surface area contributed by atoms with Crippen molar-refractivity contribution in [3.05, 3.63) is 42.1 Å². The number of benzene rings is 1. The van der Waals surface area contributed by atoms with Gasteiger partial charge in [0, 0.05) is 34.7 Å². The SMILES string of the molecule is COc1ccc2ncc3c(c2n1)[C@H](CNCC[C@@H]1CN(c2ccc4c(c2)NC(=O)CS4)C(=O)O1)CO3. The molecule has 3 aromatic rings. The minimum Gasteiger partial charge on any atom is -0.491 e. The Bertz CT molecular complexity index is 1350. The van der Waals surface area contributed by atoms with Crippen LogP contribution in [0.4, 0.5) is 16.2 Å². The van der Waals surface area contributed by atoms with Crippen molar-refractivity contribution in [2.75, 3.05) is 49.3 Å². The molecule has 1 aromatic carbocycles. The quantitative estimate of drug-likeness (QED) is 0.465. The lowest BCUT2D eigenvalue weighted by Gasteiger charge is -2.20. The lowest BCUT2D eigenvalue weighted by molar-refractivity contribution is -0.113. The van der Waals surface area contributed by atoms with E-state index in [0.717, 1.165) is 38.6 Å². The molecule has 2 atom stereocenters. The van der Waals surface area contributed by atoms with Crippen molar-refractivity contribution >= 4 is 46.2 Å². The van der Waals surface area contributed by atoms with Gasteiger partial charge < -0.3 is 24.8 Å². The molecule has 0 bridgehead atoms. The van der Waals surface area contributed by atoms with Crippen molar-refractivity contribution in [3.63, 3.8) is 0 Å². The number of amides is 2. The molecule has 5 heterocycles. The molecule has 0 radical (unpaired) electrons. The van der Waals surface area contributed by atoms with Crippen LogP contribution in [-0.4, -0.2) is 67.2 Å². The van der Waals surface area contributed by atoms with Gasteiger partial charge >= 0.3 is 6.09 Å². The average molecular weight is 508 g/mol. The maximum absolute atomic E-state index is 12.5. The van der Waals surface area contributed by atoms with Gasteiger partial charge in [0.1, 0.15) is 17.4 Å². The molecule has 10 nitrogen and oxygen atoms in total. The highest BCUT2D eigenvalue weighted by molar-refractivity contribution is 8.00. The van der Waals surface area contributed by atoms with Crippen molar-refractivity contribution in [3.8, 4) is 11.6 Å². The Balaban J connectivity index is 1.05. The second-order valence-corrected chi connectivity index (χ2v) is 9.91. The van der Waals surface area contributed by atoms with Gasteiger partial charge in [-0.3, -0.25) is 14.7 Å². The number of aromatic nitrogens is 2. The molecule has 6 rings (SSSR count). The number of nitrogens with one attached hydrogen (secondary N) is 2. The predicted octanol–water partition coefficient (Wildman–Crippen LogP) is 3.16. The Morgan fingerprint density at radius 2 is 2.19 bits per heavy atom. The minimum atomic E-state index is -0.369. The van der Waals surface area contributed by atoms with Gasteiger partial charge in [-0.2, -0.15) is 0 Å². The number of carbonyl (C=O) groups is 2. The fourth-order valence-electron chi connectivity index (χ4n) is 4.77. The second-order valence-electron chi connectivity index (χ2n) is 8.89. The van der Waals surface area contributed by atoms with E-state index in [-0.39, 0.29) is 24.0 Å². The van der Waals surface area contributed by atoms with E-state index in [2.05, 4.69) is 20.6 Å². The molecule has 3 aliphatic rings. The van der Waals surface area contributed by atoms with Crippen LogP contribution < -0.4 is 25.0 Å². The third-order valence-electron chi connectivity index (χ3n) is 6.56. The molecule has 36 heavy (non-hydrogen) atoms. The number of anilines is 2. The van der Waals surface area contributed by atoms with Crippen LogP contribution in [0.15, 0.2) is 41.4 Å². The topological polar surface area (TPSA) is 115 Å². The molecule has 3 aliphatic heterocycles. The summed E-state index contributed by atoms with van der Waals surface area (Å²) >= 11 is 1.49. The summed E-state index contributed by atoms with van der Waals surface area (Å²) in [5.74, 6) is 1.81. The van der Waals surface area contributed by atoms with E-state index in [1.807, 2.05) is 24.3 Å². The van der Waals surface area contributed by atoms with E-state index < -0.39 is 0 Å². The molecule has 11 heteroatoms. The maximum Gasteiger partial charge on any atom is 0.414 e. The van der Waals surface area contributed by atoms with Crippen LogP contribution in [0.3, 0.4) is 0 Å². The summed E-state index contributed by atoms with van der Waals surface area (Å²) in [6.07, 6.45) is 1.85. The van der Waals surface area contributed by atoms with Crippen molar-refractivity contribution in [1.82, 2.24) is 15.3 Å². The molecule has 2 amide bonds. The Morgan fingerprint density at radius 1 is 1.28 bits per heavy atom. The number of carbonyl (C=O) groups excluding carboxylic acids is 2. The summed E-state index contributed by atoms with van der Waals surface area (Å²) in [6.45, 7) is 2.42. The summed E-state index contributed by atoms with van der Waals surface area (Å²) in [5, 5.41) is 6.35. The first-order chi connectivity index (χ1) is 17.6. The first-order valence-corrected chi connectivity index (χ1v) is 12.8. The van der Waals surface area contributed by atoms with Crippen LogP contribution in [0.2, 0.25) is 0 Å². The van der Waals surface area contributed by atoms with Crippen molar-refractivity contribution in [2.45, 2.75) is 23.3 Å². The summed E-state index contributed by atoms with van der Waals surface area (Å²) in [5.41, 5.74) is 4.11. The predicted molar refractivity (Wildman–Crippen MR) is 135 cm³/mol. The van der Waals surface area contributed by atoms with E-state index in [1.54, 1.807) is 24.3 Å². The third kappa shape index (κ3) is 4.28. The van der Waals surface area contributed by atoms with E-state index >= 15 is 0 Å². The monoisotopic (exact) mass is 507 g/mol. The van der Waals surface area contributed by atoms with Crippen LogP contribution >= 0.6 is 11.8 Å². The summed E-state index contributed by atoms with van der Waals surface area (Å²) < 4.78 is 16.8. The Kier molecular flexibility index (Phi) is 6.02. The lowest BCUT2D eigenvalue weighted by Crippen LogP contribution is -2.28. The van der Waals surface area contributed by atoms with E-state index in [0.29, 0.717) is 44.3 Å². The second kappa shape index (κ2) is 9.47. The van der Waals surface area contributed by atoms with Crippen molar-refractivity contribution in [1.29, 1.82) is 0 Å². The van der Waals surface area contributed by atoms with Crippen molar-refractivity contribution < 1.29 is 23.8 Å². The fraction of sp³-hybridized carbons (Fsp3) is 0.360. The van der Waals surface area contributed by atoms with E-state index in [4.69, 9.17) is 14.2 Å². The van der Waals surface area contributed by atoms with Gasteiger partial charge in [-0.1, -0.05) is 0 Å². The number of rotatable bonds is 7. The highest BCUT2D eigenvalue weighted by Crippen LogP contribution is 2.38. The first-order valence-electron chi connectivity index (χ1n) is 11.8. The number of nitrogens with zero attached hydrogens (tertiary/aromatic N) is 3. The number of methoxy groups -OCH3 is 1. The number of ether oxygens (including phenoxy) is 3. The van der Waals surface area contributed by atoms with Gasteiger partial charge in [0.2, 0.25) is 11.8 Å². The number of fused-ring (bicyclic) bond motifs is 4. The molecule has 2 N–H and O–H groups in total. The third-order valence-corrected chi connectivity index (χ3v) is 7.64. The number of hydrogen-bond donors (Lipinski definition) is 2. The highest BCUT2D eigenvalue weighted by atomic mass is 32.2. The Labute approximate surface area is 211 Å². The lowest BCUT2D eigenvalue weighted by atomic mass is 10.00. The zero-order valence-corrected chi connectivity index (χ0v) is 20.5. The summed E-state index contributed by atoms with van der Waals surface area (Å²) in [6, 6.07) is 9.37. The molecular formula is C25H25N5O5S. The van der Waals surface area contributed by atoms with Gasteiger partial charge in [-0.15, -0.1) is 11.8 Å². The standard InChI is InChI=1S/C25H25N5O5S/c1-33-22-5-3-17-24(29-22)23-14(12-34-19(23)10-27-17)9-26-7-6-16-11-30(25(32)35-16)15-2-4-20-18(8-15)28-21(31)13-36-20/h2-5,8,10,14,16,26H,6-7,9,11-13H2,1H3,(H,28,31)/t14-,16-/m1/s1. The van der Waals surface area contributed by atoms with Crippen LogP contribution in [0.5, 0.6) is 11.6 Å².